The Hall–Kier alpha value is -4.95. The topological polar surface area (TPSA) is 115 Å². The quantitative estimate of drug-likeness (QED) is 0.122. The molecule has 0 radical (unpaired) electrons. The van der Waals surface area contributed by atoms with Crippen molar-refractivity contribution in [1.29, 1.82) is 0 Å². The summed E-state index contributed by atoms with van der Waals surface area (Å²) in [6.07, 6.45) is 0.359. The lowest BCUT2D eigenvalue weighted by atomic mass is 9.99. The zero-order valence-electron chi connectivity index (χ0n) is 31.8. The number of piperazine rings is 1. The van der Waals surface area contributed by atoms with Crippen molar-refractivity contribution in [2.75, 3.05) is 45.9 Å². The number of benzene rings is 3. The molecule has 5 heterocycles. The minimum Gasteiger partial charge on any atom is -0.492 e. The highest BCUT2D eigenvalue weighted by atomic mass is 35.5. The van der Waals surface area contributed by atoms with Gasteiger partial charge in [-0.1, -0.05) is 48.0 Å². The van der Waals surface area contributed by atoms with Gasteiger partial charge in [-0.25, -0.2) is 4.98 Å². The first-order valence-corrected chi connectivity index (χ1v) is 20.9. The van der Waals surface area contributed by atoms with Crippen molar-refractivity contribution in [3.8, 4) is 21.3 Å². The summed E-state index contributed by atoms with van der Waals surface area (Å²) in [5.41, 5.74) is 5.69. The third-order valence-corrected chi connectivity index (χ3v) is 12.8. The van der Waals surface area contributed by atoms with Crippen LogP contribution in [0.1, 0.15) is 58.3 Å². The number of amides is 1. The summed E-state index contributed by atoms with van der Waals surface area (Å²) in [5, 5.41) is 15.6. The van der Waals surface area contributed by atoms with Crippen LogP contribution in [0.5, 0.6) is 5.75 Å². The maximum atomic E-state index is 14.0. The van der Waals surface area contributed by atoms with Crippen molar-refractivity contribution in [1.82, 2.24) is 29.5 Å². The summed E-state index contributed by atoms with van der Waals surface area (Å²) in [6, 6.07) is 19.5. The molecule has 14 heteroatoms. The van der Waals surface area contributed by atoms with Crippen LogP contribution in [0.4, 0.5) is 0 Å². The van der Waals surface area contributed by atoms with Gasteiger partial charge < -0.3 is 14.4 Å². The highest BCUT2D eigenvalue weighted by molar-refractivity contribution is 7.15. The number of carbonyl (C=O) groups is 2. The zero-order valence-corrected chi connectivity index (χ0v) is 34.1. The van der Waals surface area contributed by atoms with Gasteiger partial charge in [0.15, 0.2) is 5.82 Å². The van der Waals surface area contributed by atoms with Crippen LogP contribution in [-0.2, 0) is 20.7 Å². The second kappa shape index (κ2) is 16.3. The van der Waals surface area contributed by atoms with Crippen molar-refractivity contribution in [2.45, 2.75) is 46.6 Å². The van der Waals surface area contributed by atoms with E-state index in [1.807, 2.05) is 59.7 Å². The number of thiophene rings is 1. The van der Waals surface area contributed by atoms with E-state index in [4.69, 9.17) is 26.1 Å². The Morgan fingerprint density at radius 1 is 0.964 bits per heavy atom. The molecule has 1 saturated heterocycles. The number of aromatic nitrogens is 4. The molecule has 1 atom stereocenters. The Morgan fingerprint density at radius 3 is 2.54 bits per heavy atom. The molecule has 0 aliphatic carbocycles. The van der Waals surface area contributed by atoms with Crippen molar-refractivity contribution >= 4 is 62.6 Å². The van der Waals surface area contributed by atoms with E-state index in [0.717, 1.165) is 80.0 Å². The molecule has 3 aromatic carbocycles. The van der Waals surface area contributed by atoms with Crippen LogP contribution in [0.2, 0.25) is 5.02 Å². The van der Waals surface area contributed by atoms with Crippen LogP contribution >= 0.6 is 34.3 Å². The minimum absolute atomic E-state index is 0.0512. The van der Waals surface area contributed by atoms with E-state index in [1.165, 1.54) is 16.2 Å². The molecule has 1 fully saturated rings. The van der Waals surface area contributed by atoms with Gasteiger partial charge in [-0.05, 0) is 62.9 Å². The Balaban J connectivity index is 0.912. The van der Waals surface area contributed by atoms with Crippen molar-refractivity contribution < 1.29 is 19.1 Å². The zero-order chi connectivity index (χ0) is 38.9. The molecule has 0 unspecified atom stereocenters. The van der Waals surface area contributed by atoms with Crippen LogP contribution in [0, 0.1) is 20.8 Å². The number of carbonyl (C=O) groups excluding carboxylic acids is 2. The lowest BCUT2D eigenvalue weighted by Crippen LogP contribution is -2.49. The first kappa shape index (κ1) is 37.9. The average Bonchev–Trinajstić information content (AvgIpc) is 3.88. The molecular formula is C42H42ClN7O4S2. The Labute approximate surface area is 338 Å². The number of ether oxygens (including phenoxy) is 2. The van der Waals surface area contributed by atoms with Gasteiger partial charge in [-0.3, -0.25) is 24.0 Å². The third-order valence-electron chi connectivity index (χ3n) is 10.4. The molecule has 0 spiro atoms. The van der Waals surface area contributed by atoms with E-state index < -0.39 is 6.04 Å². The summed E-state index contributed by atoms with van der Waals surface area (Å²) in [4.78, 5) is 41.4. The second-order valence-corrected chi connectivity index (χ2v) is 16.5. The molecule has 288 valence electrons. The normalized spacial score (nSPS) is 15.6. The van der Waals surface area contributed by atoms with E-state index in [1.54, 1.807) is 18.3 Å². The molecule has 6 aromatic rings. The van der Waals surface area contributed by atoms with Gasteiger partial charge in [-0.2, -0.15) is 0 Å². The maximum Gasteiger partial charge on any atom is 0.311 e. The van der Waals surface area contributed by atoms with Crippen LogP contribution in [0.15, 0.2) is 71.0 Å². The second-order valence-electron chi connectivity index (χ2n) is 14.0. The van der Waals surface area contributed by atoms with Gasteiger partial charge in [-0.15, -0.1) is 32.9 Å². The minimum atomic E-state index is -0.497. The maximum absolute atomic E-state index is 14.0. The number of fused-ring (bicyclic) bond motifs is 4. The Morgan fingerprint density at radius 2 is 1.75 bits per heavy atom. The van der Waals surface area contributed by atoms with Gasteiger partial charge >= 0.3 is 5.97 Å². The third kappa shape index (κ3) is 7.73. The van der Waals surface area contributed by atoms with Gasteiger partial charge in [0.25, 0.3) is 0 Å². The van der Waals surface area contributed by atoms with Crippen LogP contribution in [-0.4, -0.2) is 93.1 Å². The molecule has 8 rings (SSSR count). The standard InChI is InChI=1S/C42H42ClN7O4S2/c1-5-53-37(52)22-32-24-55-41(44-32)30-10-9-28-7-6-8-35(33(28)21-30)54-20-19-48-15-17-49(18-16-48)36(51)23-34-40-47-46-27(4)50(40)42-38(25(2)26(3)56-42)39(45-34)29-11-13-31(43)14-12-29/h6-14,21,24,34H,5,15-20,22-23H2,1-4H3/t34-/m0/s1. The predicted molar refractivity (Wildman–Crippen MR) is 222 cm³/mol. The number of aliphatic imine (C=N–C) groups is 1. The van der Waals surface area contributed by atoms with E-state index in [0.29, 0.717) is 42.8 Å². The van der Waals surface area contributed by atoms with E-state index >= 15 is 0 Å². The first-order chi connectivity index (χ1) is 27.2. The Bertz CT molecular complexity index is 2450. The fourth-order valence-electron chi connectivity index (χ4n) is 7.32. The number of nitrogens with zero attached hydrogens (tertiary/aromatic N) is 7. The van der Waals surface area contributed by atoms with Gasteiger partial charge in [0.2, 0.25) is 5.91 Å². The first-order valence-electron chi connectivity index (χ1n) is 18.8. The molecule has 2 aliphatic rings. The Kier molecular flexibility index (Phi) is 11.0. The van der Waals surface area contributed by atoms with Crippen molar-refractivity contribution in [3.05, 3.63) is 110 Å². The van der Waals surface area contributed by atoms with Crippen molar-refractivity contribution in [2.24, 2.45) is 4.99 Å². The summed E-state index contributed by atoms with van der Waals surface area (Å²) in [7, 11) is 0. The summed E-state index contributed by atoms with van der Waals surface area (Å²) in [6.45, 7) is 12.4. The number of hydrogen-bond donors (Lipinski definition) is 0. The summed E-state index contributed by atoms with van der Waals surface area (Å²) in [5.74, 6) is 2.04. The van der Waals surface area contributed by atoms with E-state index in [-0.39, 0.29) is 24.7 Å². The fourth-order valence-corrected chi connectivity index (χ4v) is 9.47. The van der Waals surface area contributed by atoms with Gasteiger partial charge in [0.05, 0.1) is 30.9 Å². The molecular weight excluding hydrogens is 766 g/mol. The van der Waals surface area contributed by atoms with Crippen LogP contribution < -0.4 is 4.74 Å². The molecule has 0 saturated carbocycles. The van der Waals surface area contributed by atoms with E-state index in [9.17, 15) is 9.59 Å². The largest absolute Gasteiger partial charge is 0.492 e. The number of halogens is 1. The SMILES string of the molecule is CCOC(=O)Cc1csc(-c2ccc3cccc(OCCN4CCN(C(=O)C[C@@H]5N=C(c6ccc(Cl)cc6)c6c(sc(C)c6C)-n6c(C)nnc65)CC4)c3c2)n1. The number of hydrogen-bond acceptors (Lipinski definition) is 11. The van der Waals surface area contributed by atoms with Crippen molar-refractivity contribution in [3.63, 3.8) is 0 Å². The van der Waals surface area contributed by atoms with Crippen LogP contribution in [0.3, 0.4) is 0 Å². The molecule has 1 amide bonds. The molecule has 3 aromatic heterocycles. The molecule has 11 nitrogen and oxygen atoms in total. The summed E-state index contributed by atoms with van der Waals surface area (Å²) < 4.78 is 13.5. The average molecular weight is 808 g/mol. The lowest BCUT2D eigenvalue weighted by Gasteiger charge is -2.35. The van der Waals surface area contributed by atoms with Gasteiger partial charge in [0, 0.05) is 70.1 Å². The molecule has 2 aliphatic heterocycles. The fraction of sp³-hybridized carbons (Fsp3) is 0.333. The highest BCUT2D eigenvalue weighted by Gasteiger charge is 2.34. The molecule has 56 heavy (non-hydrogen) atoms. The van der Waals surface area contributed by atoms with Gasteiger partial charge in [0.1, 0.15) is 34.2 Å². The van der Waals surface area contributed by atoms with E-state index in [2.05, 4.69) is 56.7 Å². The monoisotopic (exact) mass is 807 g/mol. The number of esters is 1. The smallest absolute Gasteiger partial charge is 0.311 e. The molecule has 0 bridgehead atoms. The highest BCUT2D eigenvalue weighted by Crippen LogP contribution is 2.40. The number of aryl methyl sites for hydroxylation is 2. The summed E-state index contributed by atoms with van der Waals surface area (Å²) >= 11 is 9.49. The number of thiazole rings is 1. The lowest BCUT2D eigenvalue weighted by molar-refractivity contribution is -0.142. The van der Waals surface area contributed by atoms with Crippen LogP contribution in [0.25, 0.3) is 26.3 Å². The predicted octanol–water partition coefficient (Wildman–Crippen LogP) is 7.80. The number of rotatable bonds is 11. The molecule has 0 N–H and O–H groups in total.